The molecule has 0 radical (unpaired) electrons. The van der Waals surface area contributed by atoms with Crippen molar-refractivity contribution in [3.63, 3.8) is 0 Å². The lowest BCUT2D eigenvalue weighted by molar-refractivity contribution is 0.0851. The number of carbonyl (C=O) groups excluding carboxylic acids is 1. The van der Waals surface area contributed by atoms with Crippen molar-refractivity contribution >= 4 is 21.8 Å². The summed E-state index contributed by atoms with van der Waals surface area (Å²) < 4.78 is 26.4. The first-order valence-electron chi connectivity index (χ1n) is 5.40. The molecule has 1 aromatic carbocycles. The summed E-state index contributed by atoms with van der Waals surface area (Å²) in [6.45, 7) is 0. The zero-order valence-electron chi connectivity index (χ0n) is 9.10. The van der Waals surface area contributed by atoms with E-state index in [1.54, 1.807) is 0 Å². The van der Waals surface area contributed by atoms with Crippen LogP contribution in [0.15, 0.2) is 18.2 Å². The van der Waals surface area contributed by atoms with Gasteiger partial charge in [0.05, 0.1) is 11.1 Å². The Morgan fingerprint density at radius 2 is 2.12 bits per heavy atom. The summed E-state index contributed by atoms with van der Waals surface area (Å²) in [6.07, 6.45) is 2.76. The molecule has 0 heterocycles. The van der Waals surface area contributed by atoms with E-state index < -0.39 is 17.5 Å². The Labute approximate surface area is 107 Å². The van der Waals surface area contributed by atoms with Gasteiger partial charge >= 0.3 is 0 Å². The highest BCUT2D eigenvalue weighted by Crippen LogP contribution is 2.33. The lowest BCUT2D eigenvalue weighted by Gasteiger charge is -2.41. The molecule has 1 aliphatic carbocycles. The highest BCUT2D eigenvalue weighted by molar-refractivity contribution is 9.09. The molecule has 0 unspecified atom stereocenters. The van der Waals surface area contributed by atoms with Crippen molar-refractivity contribution in [1.29, 1.82) is 0 Å². The van der Waals surface area contributed by atoms with Crippen molar-refractivity contribution in [2.75, 3.05) is 5.33 Å². The lowest BCUT2D eigenvalue weighted by Crippen LogP contribution is -2.55. The topological polar surface area (TPSA) is 29.1 Å². The molecule has 1 N–H and O–H groups in total. The summed E-state index contributed by atoms with van der Waals surface area (Å²) in [6, 6.07) is 3.61. The predicted molar refractivity (Wildman–Crippen MR) is 64.2 cm³/mol. The molecule has 0 aromatic heterocycles. The quantitative estimate of drug-likeness (QED) is 0.855. The van der Waals surface area contributed by atoms with Gasteiger partial charge in [0, 0.05) is 5.33 Å². The normalized spacial score (nSPS) is 17.4. The number of alkyl halides is 1. The lowest BCUT2D eigenvalue weighted by atomic mass is 9.78. The van der Waals surface area contributed by atoms with Gasteiger partial charge in [0.1, 0.15) is 0 Å². The number of hydrogen-bond donors (Lipinski definition) is 1. The summed E-state index contributed by atoms with van der Waals surface area (Å²) in [7, 11) is 0. The van der Waals surface area contributed by atoms with E-state index in [0.29, 0.717) is 5.33 Å². The van der Waals surface area contributed by atoms with E-state index in [1.807, 2.05) is 0 Å². The van der Waals surface area contributed by atoms with Gasteiger partial charge in [-0.3, -0.25) is 4.79 Å². The highest BCUT2D eigenvalue weighted by Gasteiger charge is 2.37. The van der Waals surface area contributed by atoms with Crippen molar-refractivity contribution in [1.82, 2.24) is 5.32 Å². The average molecular weight is 304 g/mol. The Hall–Kier alpha value is -0.970. The second kappa shape index (κ2) is 4.72. The van der Waals surface area contributed by atoms with E-state index in [1.165, 1.54) is 12.1 Å². The molecule has 5 heteroatoms. The standard InChI is InChI=1S/C12H12BrF2NO/c13-7-12(5-2-6-12)16-11(17)8-3-1-4-9(14)10(8)15/h1,3-4H,2,5-7H2,(H,16,17). The van der Waals surface area contributed by atoms with Crippen LogP contribution in [0.25, 0.3) is 0 Å². The van der Waals surface area contributed by atoms with Crippen LogP contribution in [0.3, 0.4) is 0 Å². The van der Waals surface area contributed by atoms with Crippen molar-refractivity contribution in [3.8, 4) is 0 Å². The molecule has 0 atom stereocenters. The minimum absolute atomic E-state index is 0.239. The number of halogens is 3. The predicted octanol–water partition coefficient (Wildman–Crippen LogP) is 3.01. The zero-order valence-corrected chi connectivity index (χ0v) is 10.7. The van der Waals surface area contributed by atoms with Gasteiger partial charge in [-0.1, -0.05) is 22.0 Å². The molecule has 1 fully saturated rings. The molecule has 0 bridgehead atoms. The third-order valence-corrected chi connectivity index (χ3v) is 4.21. The van der Waals surface area contributed by atoms with Crippen molar-refractivity contribution in [2.24, 2.45) is 0 Å². The first-order valence-corrected chi connectivity index (χ1v) is 6.53. The van der Waals surface area contributed by atoms with Crippen LogP contribution in [0.4, 0.5) is 8.78 Å². The van der Waals surface area contributed by atoms with E-state index in [9.17, 15) is 13.6 Å². The summed E-state index contributed by atoms with van der Waals surface area (Å²) in [5.41, 5.74) is -0.534. The molecule has 2 rings (SSSR count). The van der Waals surface area contributed by atoms with E-state index in [2.05, 4.69) is 21.2 Å². The Bertz CT molecular complexity index is 441. The monoisotopic (exact) mass is 303 g/mol. The molecule has 1 saturated carbocycles. The maximum Gasteiger partial charge on any atom is 0.254 e. The van der Waals surface area contributed by atoms with Crippen molar-refractivity contribution < 1.29 is 13.6 Å². The van der Waals surface area contributed by atoms with Crippen LogP contribution in [0.5, 0.6) is 0 Å². The highest BCUT2D eigenvalue weighted by atomic mass is 79.9. The Morgan fingerprint density at radius 3 is 2.65 bits per heavy atom. The van der Waals surface area contributed by atoms with Crippen LogP contribution in [0.1, 0.15) is 29.6 Å². The Morgan fingerprint density at radius 1 is 1.41 bits per heavy atom. The molecule has 1 aromatic rings. The molecule has 92 valence electrons. The zero-order chi connectivity index (χ0) is 12.5. The van der Waals surface area contributed by atoms with E-state index in [-0.39, 0.29) is 11.1 Å². The van der Waals surface area contributed by atoms with Crippen LogP contribution < -0.4 is 5.32 Å². The molecule has 17 heavy (non-hydrogen) atoms. The van der Waals surface area contributed by atoms with Crippen LogP contribution in [-0.2, 0) is 0 Å². The van der Waals surface area contributed by atoms with Gasteiger partial charge in [-0.2, -0.15) is 0 Å². The van der Waals surface area contributed by atoms with Gasteiger partial charge < -0.3 is 5.32 Å². The fourth-order valence-electron chi connectivity index (χ4n) is 1.88. The van der Waals surface area contributed by atoms with Gasteiger partial charge in [0.2, 0.25) is 0 Å². The number of carbonyl (C=O) groups is 1. The molecule has 1 aliphatic rings. The average Bonchev–Trinajstić information content (AvgIpc) is 2.27. The molecule has 0 spiro atoms. The fraction of sp³-hybridized carbons (Fsp3) is 0.417. The van der Waals surface area contributed by atoms with Gasteiger partial charge in [0.25, 0.3) is 5.91 Å². The number of hydrogen-bond acceptors (Lipinski definition) is 1. The van der Waals surface area contributed by atoms with E-state index >= 15 is 0 Å². The Kier molecular flexibility index (Phi) is 3.47. The number of rotatable bonds is 3. The maximum atomic E-state index is 13.4. The Balaban J connectivity index is 2.17. The number of benzene rings is 1. The molecule has 1 amide bonds. The molecular weight excluding hydrogens is 292 g/mol. The summed E-state index contributed by atoms with van der Waals surface area (Å²) in [5, 5.41) is 3.40. The molecule has 0 aliphatic heterocycles. The third kappa shape index (κ3) is 2.34. The number of amides is 1. The second-order valence-corrected chi connectivity index (χ2v) is 4.88. The SMILES string of the molecule is O=C(NC1(CBr)CCC1)c1cccc(F)c1F. The summed E-state index contributed by atoms with van der Waals surface area (Å²) >= 11 is 3.33. The maximum absolute atomic E-state index is 13.4. The van der Waals surface area contributed by atoms with Crippen LogP contribution in [0, 0.1) is 11.6 Å². The van der Waals surface area contributed by atoms with Crippen molar-refractivity contribution in [3.05, 3.63) is 35.4 Å². The van der Waals surface area contributed by atoms with E-state index in [0.717, 1.165) is 25.3 Å². The smallest absolute Gasteiger partial charge is 0.254 e. The molecule has 2 nitrogen and oxygen atoms in total. The first kappa shape index (κ1) is 12.5. The van der Waals surface area contributed by atoms with Crippen molar-refractivity contribution in [2.45, 2.75) is 24.8 Å². The largest absolute Gasteiger partial charge is 0.346 e. The van der Waals surface area contributed by atoms with Crippen LogP contribution >= 0.6 is 15.9 Å². The van der Waals surface area contributed by atoms with Gasteiger partial charge in [-0.05, 0) is 31.4 Å². The number of nitrogens with one attached hydrogen (secondary N) is 1. The summed E-state index contributed by atoms with van der Waals surface area (Å²) in [5.74, 6) is -2.64. The third-order valence-electron chi connectivity index (χ3n) is 3.14. The second-order valence-electron chi connectivity index (χ2n) is 4.32. The van der Waals surface area contributed by atoms with Crippen LogP contribution in [-0.4, -0.2) is 16.8 Å². The van der Waals surface area contributed by atoms with E-state index in [4.69, 9.17) is 0 Å². The summed E-state index contributed by atoms with van der Waals surface area (Å²) in [4.78, 5) is 11.8. The fourth-order valence-corrected chi connectivity index (χ4v) is 2.58. The first-order chi connectivity index (χ1) is 8.08. The minimum Gasteiger partial charge on any atom is -0.346 e. The minimum atomic E-state index is -1.09. The molecule has 0 saturated heterocycles. The molecular formula is C12H12BrF2NO. The van der Waals surface area contributed by atoms with Crippen LogP contribution in [0.2, 0.25) is 0 Å². The van der Waals surface area contributed by atoms with Gasteiger partial charge in [0.15, 0.2) is 11.6 Å². The van der Waals surface area contributed by atoms with Gasteiger partial charge in [-0.25, -0.2) is 8.78 Å². The van der Waals surface area contributed by atoms with Gasteiger partial charge in [-0.15, -0.1) is 0 Å².